The van der Waals surface area contributed by atoms with Gasteiger partial charge in [0.15, 0.2) is 0 Å². The minimum Gasteiger partial charge on any atom is -0.387 e. The SMILES string of the molecule is O[C@@]1(CNc2cc(N3CCCC3)ncn2)CCSC1. The predicted molar refractivity (Wildman–Crippen MR) is 78.9 cm³/mol. The Balaban J connectivity index is 1.62. The van der Waals surface area contributed by atoms with E-state index < -0.39 is 5.60 Å². The third-order valence-corrected chi connectivity index (χ3v) is 5.00. The molecule has 2 saturated heterocycles. The number of rotatable bonds is 4. The Morgan fingerprint density at radius 1 is 1.37 bits per heavy atom. The van der Waals surface area contributed by atoms with Gasteiger partial charge in [-0.3, -0.25) is 0 Å². The second-order valence-corrected chi connectivity index (χ2v) is 6.44. The van der Waals surface area contributed by atoms with E-state index in [1.807, 2.05) is 17.8 Å². The molecule has 0 saturated carbocycles. The van der Waals surface area contributed by atoms with Crippen molar-refractivity contribution >= 4 is 23.4 Å². The van der Waals surface area contributed by atoms with Crippen LogP contribution in [0.2, 0.25) is 0 Å². The van der Waals surface area contributed by atoms with E-state index in [-0.39, 0.29) is 0 Å². The van der Waals surface area contributed by atoms with Crippen molar-refractivity contribution in [2.75, 3.05) is 41.4 Å². The van der Waals surface area contributed by atoms with Gasteiger partial charge in [0.25, 0.3) is 0 Å². The summed E-state index contributed by atoms with van der Waals surface area (Å²) in [5, 5.41) is 13.5. The van der Waals surface area contributed by atoms with E-state index in [1.54, 1.807) is 6.33 Å². The van der Waals surface area contributed by atoms with E-state index in [2.05, 4.69) is 20.2 Å². The summed E-state index contributed by atoms with van der Waals surface area (Å²) >= 11 is 1.81. The van der Waals surface area contributed by atoms with Crippen LogP contribution < -0.4 is 10.2 Å². The van der Waals surface area contributed by atoms with E-state index in [0.717, 1.165) is 42.7 Å². The highest BCUT2D eigenvalue weighted by Gasteiger charge is 2.31. The molecule has 2 aliphatic rings. The lowest BCUT2D eigenvalue weighted by Crippen LogP contribution is -2.36. The van der Waals surface area contributed by atoms with Crippen molar-refractivity contribution in [3.63, 3.8) is 0 Å². The van der Waals surface area contributed by atoms with Crippen LogP contribution in [0, 0.1) is 0 Å². The van der Waals surface area contributed by atoms with Crippen LogP contribution in [0.1, 0.15) is 19.3 Å². The van der Waals surface area contributed by atoms with Gasteiger partial charge in [0, 0.05) is 31.5 Å². The van der Waals surface area contributed by atoms with Gasteiger partial charge in [-0.2, -0.15) is 11.8 Å². The molecule has 0 bridgehead atoms. The van der Waals surface area contributed by atoms with Gasteiger partial charge >= 0.3 is 0 Å². The monoisotopic (exact) mass is 280 g/mol. The molecule has 0 radical (unpaired) electrons. The molecule has 2 aliphatic heterocycles. The molecule has 1 aromatic heterocycles. The number of anilines is 2. The van der Waals surface area contributed by atoms with Crippen LogP contribution in [0.15, 0.2) is 12.4 Å². The van der Waals surface area contributed by atoms with Gasteiger partial charge in [0.1, 0.15) is 18.0 Å². The average Bonchev–Trinajstić information content (AvgIpc) is 3.09. The molecule has 0 spiro atoms. The lowest BCUT2D eigenvalue weighted by molar-refractivity contribution is 0.0819. The molecule has 1 aromatic rings. The lowest BCUT2D eigenvalue weighted by atomic mass is 10.0. The molecule has 3 rings (SSSR count). The van der Waals surface area contributed by atoms with Gasteiger partial charge in [-0.1, -0.05) is 0 Å². The summed E-state index contributed by atoms with van der Waals surface area (Å²) in [6, 6.07) is 1.98. The second-order valence-electron chi connectivity index (χ2n) is 5.34. The molecule has 104 valence electrons. The molecular weight excluding hydrogens is 260 g/mol. The van der Waals surface area contributed by atoms with Crippen molar-refractivity contribution in [1.29, 1.82) is 0 Å². The molecule has 5 nitrogen and oxygen atoms in total. The van der Waals surface area contributed by atoms with Gasteiger partial charge in [-0.05, 0) is 25.0 Å². The Hall–Kier alpha value is -1.01. The van der Waals surface area contributed by atoms with Crippen molar-refractivity contribution in [1.82, 2.24) is 9.97 Å². The third kappa shape index (κ3) is 3.12. The lowest BCUT2D eigenvalue weighted by Gasteiger charge is -2.22. The van der Waals surface area contributed by atoms with Crippen LogP contribution >= 0.6 is 11.8 Å². The Labute approximate surface area is 117 Å². The van der Waals surface area contributed by atoms with Gasteiger partial charge in [0.05, 0.1) is 5.60 Å². The maximum atomic E-state index is 10.3. The van der Waals surface area contributed by atoms with Crippen LogP contribution in [0.3, 0.4) is 0 Å². The largest absolute Gasteiger partial charge is 0.387 e. The fraction of sp³-hybridized carbons (Fsp3) is 0.692. The molecule has 1 atom stereocenters. The van der Waals surface area contributed by atoms with Crippen molar-refractivity contribution in [3.05, 3.63) is 12.4 Å². The van der Waals surface area contributed by atoms with Crippen LogP contribution in [0.25, 0.3) is 0 Å². The molecule has 0 aromatic carbocycles. The van der Waals surface area contributed by atoms with Crippen LogP contribution in [0.5, 0.6) is 0 Å². The average molecular weight is 280 g/mol. The van der Waals surface area contributed by atoms with E-state index in [1.165, 1.54) is 12.8 Å². The summed E-state index contributed by atoms with van der Waals surface area (Å²) in [4.78, 5) is 10.8. The summed E-state index contributed by atoms with van der Waals surface area (Å²) in [5.41, 5.74) is -0.580. The van der Waals surface area contributed by atoms with Crippen molar-refractivity contribution in [2.24, 2.45) is 0 Å². The molecule has 2 N–H and O–H groups in total. The van der Waals surface area contributed by atoms with Crippen LogP contribution in [-0.2, 0) is 0 Å². The first-order valence-electron chi connectivity index (χ1n) is 6.86. The quantitative estimate of drug-likeness (QED) is 0.868. The highest BCUT2D eigenvalue weighted by molar-refractivity contribution is 7.99. The van der Waals surface area contributed by atoms with Crippen molar-refractivity contribution < 1.29 is 5.11 Å². The zero-order valence-corrected chi connectivity index (χ0v) is 11.8. The summed E-state index contributed by atoms with van der Waals surface area (Å²) < 4.78 is 0. The number of hydrogen-bond donors (Lipinski definition) is 2. The number of nitrogens with zero attached hydrogens (tertiary/aromatic N) is 3. The first-order valence-corrected chi connectivity index (χ1v) is 8.02. The first kappa shape index (κ1) is 13.0. The molecule has 3 heterocycles. The Kier molecular flexibility index (Phi) is 3.79. The smallest absolute Gasteiger partial charge is 0.134 e. The maximum absolute atomic E-state index is 10.3. The highest BCUT2D eigenvalue weighted by atomic mass is 32.2. The van der Waals surface area contributed by atoms with E-state index in [0.29, 0.717) is 6.54 Å². The summed E-state index contributed by atoms with van der Waals surface area (Å²) in [7, 11) is 0. The minimum atomic E-state index is -0.580. The van der Waals surface area contributed by atoms with E-state index in [9.17, 15) is 5.11 Å². The minimum absolute atomic E-state index is 0.566. The predicted octanol–water partition coefficient (Wildman–Crippen LogP) is 1.36. The third-order valence-electron chi connectivity index (χ3n) is 3.76. The molecule has 0 amide bonds. The van der Waals surface area contributed by atoms with Crippen LogP contribution in [-0.4, -0.2) is 51.8 Å². The highest BCUT2D eigenvalue weighted by Crippen LogP contribution is 2.28. The van der Waals surface area contributed by atoms with Crippen molar-refractivity contribution in [3.8, 4) is 0 Å². The Morgan fingerprint density at radius 3 is 2.95 bits per heavy atom. The number of thioether (sulfide) groups is 1. The zero-order valence-electron chi connectivity index (χ0n) is 11.0. The van der Waals surface area contributed by atoms with Gasteiger partial charge in [-0.15, -0.1) is 0 Å². The van der Waals surface area contributed by atoms with Crippen LogP contribution in [0.4, 0.5) is 11.6 Å². The standard InChI is InChI=1S/C13H20N4OS/c18-13(3-6-19-9-13)8-14-11-7-12(16-10-15-11)17-4-1-2-5-17/h7,10,18H,1-6,8-9H2,(H,14,15,16)/t13-/m1/s1. The van der Waals surface area contributed by atoms with Gasteiger partial charge in [-0.25, -0.2) is 9.97 Å². The molecule has 0 unspecified atom stereocenters. The number of nitrogens with one attached hydrogen (secondary N) is 1. The summed E-state index contributed by atoms with van der Waals surface area (Å²) in [5.74, 6) is 3.65. The number of aliphatic hydroxyl groups is 1. The molecule has 19 heavy (non-hydrogen) atoms. The normalized spacial score (nSPS) is 26.9. The summed E-state index contributed by atoms with van der Waals surface area (Å²) in [6.07, 6.45) is 4.94. The summed E-state index contributed by atoms with van der Waals surface area (Å²) in [6.45, 7) is 2.73. The van der Waals surface area contributed by atoms with Gasteiger partial charge in [0.2, 0.25) is 0 Å². The first-order chi connectivity index (χ1) is 9.25. The topological polar surface area (TPSA) is 61.3 Å². The number of aromatic nitrogens is 2. The fourth-order valence-electron chi connectivity index (χ4n) is 2.55. The van der Waals surface area contributed by atoms with E-state index >= 15 is 0 Å². The van der Waals surface area contributed by atoms with E-state index in [4.69, 9.17) is 0 Å². The number of hydrogen-bond acceptors (Lipinski definition) is 6. The molecule has 6 heteroatoms. The Bertz CT molecular complexity index is 430. The molecular formula is C13H20N4OS. The Morgan fingerprint density at radius 2 is 2.21 bits per heavy atom. The van der Waals surface area contributed by atoms with Crippen molar-refractivity contribution in [2.45, 2.75) is 24.9 Å². The molecule has 0 aliphatic carbocycles. The molecule has 2 fully saturated rings. The fourth-order valence-corrected chi connectivity index (χ4v) is 3.85. The maximum Gasteiger partial charge on any atom is 0.134 e. The second kappa shape index (κ2) is 5.54. The van der Waals surface area contributed by atoms with Gasteiger partial charge < -0.3 is 15.3 Å². The zero-order chi connectivity index (χ0) is 13.1.